The molecule has 90 valence electrons. The Kier molecular flexibility index (Phi) is 4.36. The van der Waals surface area contributed by atoms with E-state index in [9.17, 15) is 0 Å². The van der Waals surface area contributed by atoms with Crippen molar-refractivity contribution in [2.45, 2.75) is 64.3 Å². The number of hydrogen-bond acceptors (Lipinski definition) is 3. The van der Waals surface area contributed by atoms with E-state index >= 15 is 0 Å². The maximum absolute atomic E-state index is 6.20. The third-order valence-electron chi connectivity index (χ3n) is 3.30. The molecule has 0 aliphatic heterocycles. The average Bonchev–Trinajstić information content (AvgIpc) is 2.73. The second-order valence-electron chi connectivity index (χ2n) is 4.73. The maximum Gasteiger partial charge on any atom is 0.110 e. The number of unbranched alkanes of at least 4 members (excludes halogenated alkanes) is 2. The van der Waals surface area contributed by atoms with Gasteiger partial charge in [0.05, 0.1) is 11.7 Å². The summed E-state index contributed by atoms with van der Waals surface area (Å²) in [6.45, 7) is 2.23. The highest BCUT2D eigenvalue weighted by Crippen LogP contribution is 2.30. The highest BCUT2D eigenvalue weighted by molar-refractivity contribution is 7.11. The first-order chi connectivity index (χ1) is 7.81. The Bertz CT molecular complexity index is 309. The zero-order valence-corrected chi connectivity index (χ0v) is 11.0. The normalized spacial score (nSPS) is 17.1. The Morgan fingerprint density at radius 3 is 2.88 bits per heavy atom. The molecule has 1 aromatic rings. The van der Waals surface area contributed by atoms with Crippen LogP contribution in [0.25, 0.3) is 0 Å². The van der Waals surface area contributed by atoms with Crippen molar-refractivity contribution in [3.63, 3.8) is 0 Å². The van der Waals surface area contributed by atoms with E-state index < -0.39 is 0 Å². The van der Waals surface area contributed by atoms with Gasteiger partial charge in [0.1, 0.15) is 5.01 Å². The summed E-state index contributed by atoms with van der Waals surface area (Å²) in [5.41, 5.74) is 7.54. The summed E-state index contributed by atoms with van der Waals surface area (Å²) in [5, 5.41) is 1.18. The van der Waals surface area contributed by atoms with Crippen molar-refractivity contribution in [1.82, 2.24) is 4.98 Å². The van der Waals surface area contributed by atoms with Crippen LogP contribution in [0.1, 0.15) is 67.1 Å². The van der Waals surface area contributed by atoms with Crippen molar-refractivity contribution < 1.29 is 0 Å². The van der Waals surface area contributed by atoms with E-state index in [0.29, 0.717) is 0 Å². The van der Waals surface area contributed by atoms with Crippen molar-refractivity contribution in [2.75, 3.05) is 0 Å². The van der Waals surface area contributed by atoms with Gasteiger partial charge in [-0.1, -0.05) is 26.2 Å². The fourth-order valence-corrected chi connectivity index (χ4v) is 3.46. The standard InChI is InChI=1S/C13H22N2S/c1-2-3-4-7-10(14)13-15-11-8-5-6-9-12(11)16-13/h10H,2-9,14H2,1H3. The summed E-state index contributed by atoms with van der Waals surface area (Å²) in [6, 6.07) is 0.183. The Balaban J connectivity index is 1.95. The summed E-state index contributed by atoms with van der Waals surface area (Å²) in [4.78, 5) is 6.23. The lowest BCUT2D eigenvalue weighted by Gasteiger charge is -2.07. The fourth-order valence-electron chi connectivity index (χ4n) is 2.27. The van der Waals surface area contributed by atoms with E-state index in [1.165, 1.54) is 60.5 Å². The molecule has 0 fully saturated rings. The molecule has 0 radical (unpaired) electrons. The molecule has 1 unspecified atom stereocenters. The van der Waals surface area contributed by atoms with E-state index in [-0.39, 0.29) is 6.04 Å². The second-order valence-corrected chi connectivity index (χ2v) is 5.85. The number of fused-ring (bicyclic) bond motifs is 1. The minimum atomic E-state index is 0.183. The van der Waals surface area contributed by atoms with Crippen molar-refractivity contribution in [3.05, 3.63) is 15.6 Å². The van der Waals surface area contributed by atoms with E-state index in [2.05, 4.69) is 6.92 Å². The zero-order valence-electron chi connectivity index (χ0n) is 10.2. The lowest BCUT2D eigenvalue weighted by atomic mass is 10.0. The molecule has 0 spiro atoms. The number of nitrogens with two attached hydrogens (primary N) is 1. The maximum atomic E-state index is 6.20. The molecule has 0 aromatic carbocycles. The predicted octanol–water partition coefficient (Wildman–Crippen LogP) is 3.60. The minimum Gasteiger partial charge on any atom is -0.322 e. The number of rotatable bonds is 5. The molecule has 2 nitrogen and oxygen atoms in total. The minimum absolute atomic E-state index is 0.183. The van der Waals surface area contributed by atoms with Crippen LogP contribution in [0, 0.1) is 0 Å². The molecule has 1 aromatic heterocycles. The number of aryl methyl sites for hydroxylation is 2. The van der Waals surface area contributed by atoms with Gasteiger partial charge in [0.25, 0.3) is 0 Å². The largest absolute Gasteiger partial charge is 0.322 e. The molecule has 2 rings (SSSR count). The molecule has 1 aliphatic carbocycles. The number of hydrogen-bond donors (Lipinski definition) is 1. The van der Waals surface area contributed by atoms with Gasteiger partial charge >= 0.3 is 0 Å². The highest BCUT2D eigenvalue weighted by Gasteiger charge is 2.18. The molecule has 16 heavy (non-hydrogen) atoms. The van der Waals surface area contributed by atoms with E-state index in [1.54, 1.807) is 0 Å². The molecule has 2 N–H and O–H groups in total. The van der Waals surface area contributed by atoms with Crippen LogP contribution in [0.15, 0.2) is 0 Å². The molecule has 1 heterocycles. The Morgan fingerprint density at radius 2 is 2.12 bits per heavy atom. The van der Waals surface area contributed by atoms with Gasteiger partial charge in [-0.25, -0.2) is 4.98 Å². The quantitative estimate of drug-likeness (QED) is 0.796. The van der Waals surface area contributed by atoms with E-state index in [4.69, 9.17) is 10.7 Å². The van der Waals surface area contributed by atoms with Gasteiger partial charge < -0.3 is 5.73 Å². The topological polar surface area (TPSA) is 38.9 Å². The lowest BCUT2D eigenvalue weighted by molar-refractivity contribution is 0.576. The van der Waals surface area contributed by atoms with Gasteiger partial charge in [-0.15, -0.1) is 11.3 Å². The van der Waals surface area contributed by atoms with Gasteiger partial charge in [0, 0.05) is 4.88 Å². The van der Waals surface area contributed by atoms with Crippen molar-refractivity contribution in [3.8, 4) is 0 Å². The summed E-state index contributed by atoms with van der Waals surface area (Å²) in [6.07, 6.45) is 9.94. The first kappa shape index (κ1) is 12.1. The van der Waals surface area contributed by atoms with Crippen LogP contribution in [0.4, 0.5) is 0 Å². The van der Waals surface area contributed by atoms with Gasteiger partial charge in [0.2, 0.25) is 0 Å². The molecule has 0 saturated heterocycles. The Morgan fingerprint density at radius 1 is 1.31 bits per heavy atom. The summed E-state index contributed by atoms with van der Waals surface area (Å²) in [5.74, 6) is 0. The first-order valence-electron chi connectivity index (χ1n) is 6.55. The van der Waals surface area contributed by atoms with Crippen LogP contribution in [-0.2, 0) is 12.8 Å². The van der Waals surface area contributed by atoms with Crippen LogP contribution in [0.2, 0.25) is 0 Å². The third kappa shape index (κ3) is 2.83. The first-order valence-corrected chi connectivity index (χ1v) is 7.37. The second kappa shape index (κ2) is 5.78. The molecule has 0 saturated carbocycles. The number of aromatic nitrogens is 1. The molecule has 1 atom stereocenters. The van der Waals surface area contributed by atoms with E-state index in [0.717, 1.165) is 6.42 Å². The van der Waals surface area contributed by atoms with Crippen LogP contribution in [-0.4, -0.2) is 4.98 Å². The smallest absolute Gasteiger partial charge is 0.110 e. The van der Waals surface area contributed by atoms with Crippen LogP contribution in [0.3, 0.4) is 0 Å². The van der Waals surface area contributed by atoms with Crippen LogP contribution < -0.4 is 5.73 Å². The van der Waals surface area contributed by atoms with Gasteiger partial charge in [0.15, 0.2) is 0 Å². The Hall–Kier alpha value is -0.410. The van der Waals surface area contributed by atoms with E-state index in [1.807, 2.05) is 11.3 Å². The van der Waals surface area contributed by atoms with Crippen molar-refractivity contribution in [2.24, 2.45) is 5.73 Å². The molecular weight excluding hydrogens is 216 g/mol. The van der Waals surface area contributed by atoms with Gasteiger partial charge in [-0.05, 0) is 32.1 Å². The molecule has 0 bridgehead atoms. The van der Waals surface area contributed by atoms with Crippen LogP contribution in [0.5, 0.6) is 0 Å². The molecule has 0 amide bonds. The number of nitrogens with zero attached hydrogens (tertiary/aromatic N) is 1. The Labute approximate surface area is 102 Å². The average molecular weight is 238 g/mol. The fraction of sp³-hybridized carbons (Fsp3) is 0.769. The van der Waals surface area contributed by atoms with Gasteiger partial charge in [-0.2, -0.15) is 0 Å². The summed E-state index contributed by atoms with van der Waals surface area (Å²) >= 11 is 1.87. The highest BCUT2D eigenvalue weighted by atomic mass is 32.1. The number of thiazole rings is 1. The SMILES string of the molecule is CCCCCC(N)c1nc2c(s1)CCCC2. The van der Waals surface area contributed by atoms with Crippen molar-refractivity contribution in [1.29, 1.82) is 0 Å². The monoisotopic (exact) mass is 238 g/mol. The molecular formula is C13H22N2S. The van der Waals surface area contributed by atoms with Crippen molar-refractivity contribution >= 4 is 11.3 Å². The van der Waals surface area contributed by atoms with Gasteiger partial charge in [-0.3, -0.25) is 0 Å². The lowest BCUT2D eigenvalue weighted by Crippen LogP contribution is -2.09. The summed E-state index contributed by atoms with van der Waals surface area (Å²) < 4.78 is 0. The predicted molar refractivity (Wildman–Crippen MR) is 69.8 cm³/mol. The zero-order chi connectivity index (χ0) is 11.4. The molecule has 3 heteroatoms. The third-order valence-corrected chi connectivity index (χ3v) is 4.59. The summed E-state index contributed by atoms with van der Waals surface area (Å²) in [7, 11) is 0. The van der Waals surface area contributed by atoms with Crippen LogP contribution >= 0.6 is 11.3 Å². The molecule has 1 aliphatic rings.